The summed E-state index contributed by atoms with van der Waals surface area (Å²) in [7, 11) is 1.35. The minimum atomic E-state index is -1.57. The molecule has 0 aromatic rings. The Balaban J connectivity index is 2.12. The fraction of sp³-hybridized carbons (Fsp3) is 0.688. The molecular weight excluding hydrogens is 308 g/mol. The van der Waals surface area contributed by atoms with Gasteiger partial charge in [-0.3, -0.25) is 9.69 Å². The van der Waals surface area contributed by atoms with Crippen LogP contribution >= 0.6 is 0 Å². The van der Waals surface area contributed by atoms with Gasteiger partial charge in [-0.2, -0.15) is 0 Å². The maximum Gasteiger partial charge on any atom is 0.320 e. The monoisotopic (exact) mass is 331 g/mol. The van der Waals surface area contributed by atoms with E-state index in [1.54, 1.807) is 6.92 Å². The van der Waals surface area contributed by atoms with Crippen molar-refractivity contribution in [2.75, 3.05) is 26.8 Å². The fourth-order valence-corrected chi connectivity index (χ4v) is 3.18. The molecule has 1 aliphatic heterocycles. The van der Waals surface area contributed by atoms with Crippen LogP contribution < -0.4 is 0 Å². The Kier molecular flexibility index (Phi) is 5.41. The number of nitrogens with zero attached hydrogens (tertiary/aromatic N) is 1. The second-order valence-corrected chi connectivity index (χ2v) is 6.10. The summed E-state index contributed by atoms with van der Waals surface area (Å²) in [6, 6.07) is 0. The van der Waals surface area contributed by atoms with Gasteiger partial charge in [0, 0.05) is 12.6 Å². The van der Waals surface area contributed by atoms with Gasteiger partial charge >= 0.3 is 5.97 Å². The number of rotatable bonds is 5. The van der Waals surface area contributed by atoms with E-state index in [1.807, 2.05) is 0 Å². The zero-order chi connectivity index (χ0) is 17.2. The molecule has 0 bridgehead atoms. The average Bonchev–Trinajstić information content (AvgIpc) is 2.85. The van der Waals surface area contributed by atoms with E-state index in [0.717, 1.165) is 0 Å². The van der Waals surface area contributed by atoms with Gasteiger partial charge in [0.05, 0.1) is 25.7 Å². The Labute approximate surface area is 134 Å². The Morgan fingerprint density at radius 2 is 2.26 bits per heavy atom. The van der Waals surface area contributed by atoms with E-state index in [9.17, 15) is 18.7 Å². The Morgan fingerprint density at radius 3 is 2.83 bits per heavy atom. The van der Waals surface area contributed by atoms with Crippen LogP contribution in [0.2, 0.25) is 0 Å². The highest BCUT2D eigenvalue weighted by molar-refractivity contribution is 5.71. The second kappa shape index (κ2) is 6.97. The van der Waals surface area contributed by atoms with Crippen molar-refractivity contribution >= 4 is 5.97 Å². The molecule has 7 heteroatoms. The summed E-state index contributed by atoms with van der Waals surface area (Å²) in [4.78, 5) is 13.0. The van der Waals surface area contributed by atoms with Crippen molar-refractivity contribution in [2.45, 2.75) is 32.7 Å². The molecular formula is C16H23F2NO4. The summed E-state index contributed by atoms with van der Waals surface area (Å²) in [5, 5.41) is 10.1. The van der Waals surface area contributed by atoms with Gasteiger partial charge in [0.2, 0.25) is 0 Å². The van der Waals surface area contributed by atoms with Gasteiger partial charge in [0.15, 0.2) is 0 Å². The SMILES string of the molecule is CCOC(=O)CN1C[C@@H](C2(C)C(F)=CC(OC)=CC2F)CC1O. The second-order valence-electron chi connectivity index (χ2n) is 6.10. The summed E-state index contributed by atoms with van der Waals surface area (Å²) < 4.78 is 38.8. The van der Waals surface area contributed by atoms with Crippen molar-refractivity contribution in [3.05, 3.63) is 23.7 Å². The topological polar surface area (TPSA) is 59.0 Å². The number of methoxy groups -OCH3 is 1. The molecule has 0 aromatic heterocycles. The highest BCUT2D eigenvalue weighted by Crippen LogP contribution is 2.49. The third-order valence-corrected chi connectivity index (χ3v) is 4.76. The average molecular weight is 331 g/mol. The lowest BCUT2D eigenvalue weighted by Crippen LogP contribution is -2.41. The maximum atomic E-state index is 14.6. The number of ether oxygens (including phenoxy) is 2. The van der Waals surface area contributed by atoms with E-state index in [4.69, 9.17) is 9.47 Å². The first-order valence-electron chi connectivity index (χ1n) is 7.68. The molecule has 1 N–H and O–H groups in total. The van der Waals surface area contributed by atoms with Crippen molar-refractivity contribution in [3.63, 3.8) is 0 Å². The highest BCUT2D eigenvalue weighted by atomic mass is 19.1. The molecule has 0 aromatic carbocycles. The first-order chi connectivity index (χ1) is 10.8. The maximum absolute atomic E-state index is 14.6. The van der Waals surface area contributed by atoms with Crippen LogP contribution in [0.1, 0.15) is 20.3 Å². The molecule has 4 atom stereocenters. The summed E-state index contributed by atoms with van der Waals surface area (Å²) >= 11 is 0. The zero-order valence-corrected chi connectivity index (χ0v) is 13.6. The van der Waals surface area contributed by atoms with Crippen LogP contribution in [0.25, 0.3) is 0 Å². The molecule has 130 valence electrons. The van der Waals surface area contributed by atoms with Gasteiger partial charge in [-0.25, -0.2) is 8.78 Å². The van der Waals surface area contributed by atoms with Crippen LogP contribution in [0, 0.1) is 11.3 Å². The molecule has 1 fully saturated rings. The number of allylic oxidation sites excluding steroid dienone is 3. The van der Waals surface area contributed by atoms with Crippen molar-refractivity contribution < 1.29 is 28.2 Å². The Morgan fingerprint density at radius 1 is 1.57 bits per heavy atom. The number of halogens is 2. The molecule has 2 rings (SSSR count). The fourth-order valence-electron chi connectivity index (χ4n) is 3.18. The minimum Gasteiger partial charge on any atom is -0.497 e. The molecule has 0 saturated carbocycles. The molecule has 1 heterocycles. The number of carbonyl (C=O) groups is 1. The lowest BCUT2D eigenvalue weighted by Gasteiger charge is -2.38. The highest BCUT2D eigenvalue weighted by Gasteiger charge is 2.51. The third-order valence-electron chi connectivity index (χ3n) is 4.76. The number of aliphatic hydroxyl groups is 1. The number of esters is 1. The van der Waals surface area contributed by atoms with Crippen LogP contribution in [0.3, 0.4) is 0 Å². The van der Waals surface area contributed by atoms with E-state index in [-0.39, 0.29) is 31.9 Å². The molecule has 5 nitrogen and oxygen atoms in total. The largest absolute Gasteiger partial charge is 0.497 e. The molecule has 2 aliphatic rings. The lowest BCUT2D eigenvalue weighted by molar-refractivity contribution is -0.146. The predicted molar refractivity (Wildman–Crippen MR) is 79.6 cm³/mol. The van der Waals surface area contributed by atoms with Gasteiger partial charge in [0.25, 0.3) is 0 Å². The van der Waals surface area contributed by atoms with Crippen LogP contribution in [0.5, 0.6) is 0 Å². The molecule has 23 heavy (non-hydrogen) atoms. The van der Waals surface area contributed by atoms with E-state index in [0.29, 0.717) is 0 Å². The quantitative estimate of drug-likeness (QED) is 0.780. The molecule has 1 aliphatic carbocycles. The summed E-state index contributed by atoms with van der Waals surface area (Å²) in [6.45, 7) is 3.56. The number of aliphatic hydroxyl groups excluding tert-OH is 1. The summed E-state index contributed by atoms with van der Waals surface area (Å²) in [6.07, 6.45) is 0.115. The molecule has 1 saturated heterocycles. The van der Waals surface area contributed by atoms with E-state index < -0.39 is 35.5 Å². The smallest absolute Gasteiger partial charge is 0.320 e. The first-order valence-corrected chi connectivity index (χ1v) is 7.68. The van der Waals surface area contributed by atoms with Gasteiger partial charge in [0.1, 0.15) is 24.0 Å². The van der Waals surface area contributed by atoms with Gasteiger partial charge in [-0.05, 0) is 32.3 Å². The van der Waals surface area contributed by atoms with E-state index >= 15 is 0 Å². The number of carbonyl (C=O) groups excluding carboxylic acids is 1. The number of alkyl halides is 1. The van der Waals surface area contributed by atoms with E-state index in [2.05, 4.69) is 0 Å². The number of hydrogen-bond acceptors (Lipinski definition) is 5. The predicted octanol–water partition coefficient (Wildman–Crippen LogP) is 1.93. The number of likely N-dealkylation sites (tertiary alicyclic amines) is 1. The lowest BCUT2D eigenvalue weighted by atomic mass is 9.69. The van der Waals surface area contributed by atoms with E-state index in [1.165, 1.54) is 31.1 Å². The van der Waals surface area contributed by atoms with Crippen molar-refractivity contribution in [2.24, 2.45) is 11.3 Å². The van der Waals surface area contributed by atoms with Crippen molar-refractivity contribution in [1.82, 2.24) is 4.90 Å². The van der Waals surface area contributed by atoms with Crippen molar-refractivity contribution in [3.8, 4) is 0 Å². The minimum absolute atomic E-state index is 0.0942. The third kappa shape index (κ3) is 3.40. The van der Waals surface area contributed by atoms with Crippen LogP contribution in [0.4, 0.5) is 8.78 Å². The van der Waals surface area contributed by atoms with Gasteiger partial charge < -0.3 is 14.6 Å². The van der Waals surface area contributed by atoms with Crippen LogP contribution in [-0.2, 0) is 14.3 Å². The number of hydrogen-bond donors (Lipinski definition) is 1. The molecule has 3 unspecified atom stereocenters. The zero-order valence-electron chi connectivity index (χ0n) is 13.6. The Bertz CT molecular complexity index is 522. The molecule has 0 amide bonds. The Hall–Kier alpha value is -1.47. The first kappa shape index (κ1) is 17.9. The van der Waals surface area contributed by atoms with Gasteiger partial charge in [-0.1, -0.05) is 0 Å². The molecule has 0 spiro atoms. The molecule has 0 radical (unpaired) electrons. The normalized spacial score (nSPS) is 34.8. The van der Waals surface area contributed by atoms with Gasteiger partial charge in [-0.15, -0.1) is 0 Å². The summed E-state index contributed by atoms with van der Waals surface area (Å²) in [5.74, 6) is -1.39. The summed E-state index contributed by atoms with van der Waals surface area (Å²) in [5.41, 5.74) is -1.38. The van der Waals surface area contributed by atoms with Crippen LogP contribution in [-0.4, -0.2) is 55.2 Å². The van der Waals surface area contributed by atoms with Crippen molar-refractivity contribution in [1.29, 1.82) is 0 Å². The standard InChI is InChI=1S/C16H23F2NO4/c1-4-23-15(21)9-19-8-10(5-14(19)20)16(2)12(17)6-11(22-3)7-13(16)18/h6-7,10,12,14,20H,4-5,8-9H2,1-3H3/t10-,12?,14?,16?/m0/s1. The van der Waals surface area contributed by atoms with Crippen LogP contribution in [0.15, 0.2) is 23.7 Å².